The van der Waals surface area contributed by atoms with Gasteiger partial charge in [-0.1, -0.05) is 42.8 Å². The molecule has 0 aliphatic rings. The third kappa shape index (κ3) is 4.55. The topological polar surface area (TPSA) is 72.4 Å². The van der Waals surface area contributed by atoms with Crippen LogP contribution in [0.1, 0.15) is 40.2 Å². The smallest absolute Gasteiger partial charge is 0.419 e. The molecule has 1 unspecified atom stereocenters. The summed E-state index contributed by atoms with van der Waals surface area (Å²) in [5.74, 6) is -6.10. The van der Waals surface area contributed by atoms with Crippen LogP contribution in [0, 0.1) is 5.82 Å². The summed E-state index contributed by atoms with van der Waals surface area (Å²) in [5.41, 5.74) is 0.783. The summed E-state index contributed by atoms with van der Waals surface area (Å²) in [5, 5.41) is 9.18. The number of rotatable bonds is 5. The van der Waals surface area contributed by atoms with Gasteiger partial charge in [0, 0.05) is 12.1 Å². The van der Waals surface area contributed by atoms with Crippen molar-refractivity contribution in [1.82, 2.24) is 4.57 Å². The summed E-state index contributed by atoms with van der Waals surface area (Å²) < 4.78 is 62.7. The fraction of sp³-hybridized carbons (Fsp3) is 0.200. The lowest BCUT2D eigenvalue weighted by Gasteiger charge is -2.28. The number of carbonyl (C=O) groups is 1. The minimum atomic E-state index is -4.64. The number of fused-ring (bicyclic) bond motifs is 1. The van der Waals surface area contributed by atoms with E-state index in [1.807, 2.05) is 0 Å². The van der Waals surface area contributed by atoms with E-state index in [2.05, 4.69) is 0 Å². The van der Waals surface area contributed by atoms with Gasteiger partial charge in [0.2, 0.25) is 0 Å². The molecule has 0 aliphatic carbocycles. The Kier molecular flexibility index (Phi) is 6.23. The van der Waals surface area contributed by atoms with E-state index in [1.165, 1.54) is 61.0 Å². The molecule has 4 rings (SSSR count). The van der Waals surface area contributed by atoms with Crippen molar-refractivity contribution in [1.29, 1.82) is 0 Å². The number of halogens is 5. The Morgan fingerprint density at radius 2 is 1.71 bits per heavy atom. The minimum Gasteiger partial charge on any atom is -0.478 e. The zero-order valence-corrected chi connectivity index (χ0v) is 19.1. The van der Waals surface area contributed by atoms with Gasteiger partial charge in [0.1, 0.15) is 5.82 Å². The van der Waals surface area contributed by atoms with Crippen LogP contribution < -0.4 is 5.76 Å². The molecule has 1 N–H and O–H groups in total. The molecule has 2 atom stereocenters. The van der Waals surface area contributed by atoms with Crippen LogP contribution in [0.25, 0.3) is 22.2 Å². The molecule has 0 amide bonds. The number of hydrogen-bond donors (Lipinski definition) is 1. The van der Waals surface area contributed by atoms with Crippen LogP contribution in [0.5, 0.6) is 0 Å². The van der Waals surface area contributed by atoms with Gasteiger partial charge < -0.3 is 9.52 Å². The molecule has 4 aromatic rings. The second-order valence-corrected chi connectivity index (χ2v) is 8.61. The maximum atomic E-state index is 14.2. The molecule has 3 aromatic carbocycles. The second-order valence-electron chi connectivity index (χ2n) is 8.20. The molecule has 0 saturated heterocycles. The molecular formula is C25H18ClF4NO4. The highest BCUT2D eigenvalue weighted by molar-refractivity contribution is 6.31. The first kappa shape index (κ1) is 24.5. The highest BCUT2D eigenvalue weighted by atomic mass is 35.5. The summed E-state index contributed by atoms with van der Waals surface area (Å²) >= 11 is 6.39. The zero-order valence-electron chi connectivity index (χ0n) is 18.4. The summed E-state index contributed by atoms with van der Waals surface area (Å²) in [6, 6.07) is 11.8. The van der Waals surface area contributed by atoms with Crippen LogP contribution in [0.3, 0.4) is 0 Å². The van der Waals surface area contributed by atoms with Crippen molar-refractivity contribution in [2.24, 2.45) is 7.05 Å². The highest BCUT2D eigenvalue weighted by Gasteiger charge is 2.45. The van der Waals surface area contributed by atoms with E-state index in [-0.39, 0.29) is 21.7 Å². The predicted octanol–water partition coefficient (Wildman–Crippen LogP) is 6.74. The van der Waals surface area contributed by atoms with Crippen molar-refractivity contribution < 1.29 is 31.9 Å². The fourth-order valence-electron chi connectivity index (χ4n) is 4.23. The standard InChI is InChI=1S/C25H18ClF4NO4/c1-12(22(25(28,29)30)15-5-8-20-21(11-15)35-24(34)31(20)2)16-6-3-14(10-18(16)26)13-4-7-19(27)17(9-13)23(32)33/h3-12,22H,1-2H3,(H,32,33)/t12-,22?/m1/s1. The zero-order chi connectivity index (χ0) is 25.7. The van der Waals surface area contributed by atoms with E-state index < -0.39 is 41.1 Å². The molecule has 182 valence electrons. The lowest BCUT2D eigenvalue weighted by Crippen LogP contribution is -2.26. The maximum absolute atomic E-state index is 14.2. The Balaban J connectivity index is 1.75. The van der Waals surface area contributed by atoms with Gasteiger partial charge in [-0.05, 0) is 58.5 Å². The summed E-state index contributed by atoms with van der Waals surface area (Å²) in [6.07, 6.45) is -4.64. The number of benzene rings is 3. The van der Waals surface area contributed by atoms with Crippen molar-refractivity contribution in [2.75, 3.05) is 0 Å². The number of aromatic carboxylic acids is 1. The lowest BCUT2D eigenvalue weighted by molar-refractivity contribution is -0.154. The first-order valence-electron chi connectivity index (χ1n) is 10.4. The quantitative estimate of drug-likeness (QED) is 0.304. The van der Waals surface area contributed by atoms with Crippen molar-refractivity contribution >= 4 is 28.7 Å². The number of alkyl halides is 3. The summed E-state index contributed by atoms with van der Waals surface area (Å²) in [6.45, 7) is 1.39. The van der Waals surface area contributed by atoms with E-state index in [9.17, 15) is 27.2 Å². The molecule has 5 nitrogen and oxygen atoms in total. The molecule has 0 aliphatic heterocycles. The van der Waals surface area contributed by atoms with Crippen LogP contribution in [0.15, 0.2) is 63.8 Å². The number of carboxylic acid groups (broad SMARTS) is 1. The number of oxazole rings is 1. The Bertz CT molecular complexity index is 1510. The molecule has 0 fully saturated rings. The number of aryl methyl sites for hydroxylation is 1. The molecule has 1 heterocycles. The second kappa shape index (κ2) is 8.88. The normalized spacial score (nSPS) is 13.7. The van der Waals surface area contributed by atoms with Gasteiger partial charge in [0.15, 0.2) is 5.58 Å². The van der Waals surface area contributed by atoms with Gasteiger partial charge in [0.25, 0.3) is 0 Å². The minimum absolute atomic E-state index is 0.0396. The largest absolute Gasteiger partial charge is 0.478 e. The molecule has 0 saturated carbocycles. The molecule has 1 aromatic heterocycles. The van der Waals surface area contributed by atoms with Crippen LogP contribution in [0.4, 0.5) is 17.6 Å². The molecule has 10 heteroatoms. The van der Waals surface area contributed by atoms with E-state index in [0.717, 1.165) is 12.1 Å². The van der Waals surface area contributed by atoms with Gasteiger partial charge in [-0.15, -0.1) is 0 Å². The van der Waals surface area contributed by atoms with E-state index in [1.54, 1.807) is 0 Å². The van der Waals surface area contributed by atoms with Crippen LogP contribution >= 0.6 is 11.6 Å². The van der Waals surface area contributed by atoms with Gasteiger partial charge in [-0.25, -0.2) is 14.0 Å². The lowest BCUT2D eigenvalue weighted by atomic mass is 9.81. The van der Waals surface area contributed by atoms with E-state index >= 15 is 0 Å². The monoisotopic (exact) mass is 507 g/mol. The number of hydrogen-bond acceptors (Lipinski definition) is 3. The third-order valence-electron chi connectivity index (χ3n) is 6.05. The third-order valence-corrected chi connectivity index (χ3v) is 6.38. The molecule has 0 radical (unpaired) electrons. The molecule has 0 bridgehead atoms. The molecular weight excluding hydrogens is 490 g/mol. The van der Waals surface area contributed by atoms with Gasteiger partial charge >= 0.3 is 17.9 Å². The predicted molar refractivity (Wildman–Crippen MR) is 122 cm³/mol. The summed E-state index contributed by atoms with van der Waals surface area (Å²) in [4.78, 5) is 23.0. The first-order valence-corrected chi connectivity index (χ1v) is 10.7. The molecule has 0 spiro atoms. The average Bonchev–Trinajstić information content (AvgIpc) is 3.05. The van der Waals surface area contributed by atoms with Gasteiger partial charge in [-0.2, -0.15) is 13.2 Å². The first-order chi connectivity index (χ1) is 16.4. The molecule has 35 heavy (non-hydrogen) atoms. The van der Waals surface area contributed by atoms with Gasteiger partial charge in [0.05, 0.1) is 17.0 Å². The van der Waals surface area contributed by atoms with E-state index in [4.69, 9.17) is 21.1 Å². The number of nitrogens with zero attached hydrogens (tertiary/aromatic N) is 1. The Hall–Kier alpha value is -3.59. The van der Waals surface area contributed by atoms with Crippen molar-refractivity contribution in [3.05, 3.63) is 92.7 Å². The van der Waals surface area contributed by atoms with Crippen LogP contribution in [-0.2, 0) is 7.05 Å². The van der Waals surface area contributed by atoms with Crippen molar-refractivity contribution in [3.63, 3.8) is 0 Å². The fourth-order valence-corrected chi connectivity index (χ4v) is 4.58. The summed E-state index contributed by atoms with van der Waals surface area (Å²) in [7, 11) is 1.46. The van der Waals surface area contributed by atoms with Gasteiger partial charge in [-0.3, -0.25) is 4.57 Å². The Morgan fingerprint density at radius 1 is 1.06 bits per heavy atom. The van der Waals surface area contributed by atoms with Crippen molar-refractivity contribution in [2.45, 2.75) is 24.9 Å². The van der Waals surface area contributed by atoms with Crippen molar-refractivity contribution in [3.8, 4) is 11.1 Å². The number of carboxylic acids is 1. The Labute approximate surface area is 201 Å². The van der Waals surface area contributed by atoms with E-state index in [0.29, 0.717) is 16.6 Å². The average molecular weight is 508 g/mol. The maximum Gasteiger partial charge on any atom is 0.419 e. The SMILES string of the molecule is C[C@H](c1ccc(-c2ccc(F)c(C(=O)O)c2)cc1Cl)C(c1ccc2c(c1)oc(=O)n2C)C(F)(F)F. The van der Waals surface area contributed by atoms with Crippen LogP contribution in [-0.4, -0.2) is 21.8 Å². The number of aromatic nitrogens is 1. The van der Waals surface area contributed by atoms with Crippen LogP contribution in [0.2, 0.25) is 5.02 Å². The highest BCUT2D eigenvalue weighted by Crippen LogP contribution is 2.47. The Morgan fingerprint density at radius 3 is 2.34 bits per heavy atom.